The van der Waals surface area contributed by atoms with Gasteiger partial charge in [-0.2, -0.15) is 0 Å². The molecular weight excluding hydrogens is 408 g/mol. The number of pyridine rings is 1. The second-order valence-corrected chi connectivity index (χ2v) is 8.94. The third-order valence-electron chi connectivity index (χ3n) is 4.72. The Hall–Kier alpha value is -3.22. The van der Waals surface area contributed by atoms with Crippen molar-refractivity contribution >= 4 is 17.8 Å². The topological polar surface area (TPSA) is 106 Å². The average Bonchev–Trinajstić information content (AvgIpc) is 2.68. The lowest BCUT2D eigenvalue weighted by molar-refractivity contribution is -0.137. The number of hydrogen-bond donors (Lipinski definition) is 2. The van der Waals surface area contributed by atoms with E-state index in [1.165, 1.54) is 0 Å². The Kier molecular flexibility index (Phi) is 8.93. The summed E-state index contributed by atoms with van der Waals surface area (Å²) in [5.41, 5.74) is 2.90. The van der Waals surface area contributed by atoms with E-state index in [0.29, 0.717) is 18.5 Å². The molecule has 1 atom stereocenters. The van der Waals surface area contributed by atoms with Crippen LogP contribution in [-0.4, -0.2) is 39.6 Å². The number of ketones is 1. The highest BCUT2D eigenvalue weighted by Crippen LogP contribution is 2.12. The molecule has 0 aliphatic carbocycles. The number of carbonyl (C=O) groups excluding carboxylic acids is 2. The number of aliphatic carboxylic acids is 1. The van der Waals surface area contributed by atoms with E-state index in [1.54, 1.807) is 27.0 Å². The van der Waals surface area contributed by atoms with E-state index < -0.39 is 23.7 Å². The van der Waals surface area contributed by atoms with Crippen molar-refractivity contribution in [2.75, 3.05) is 0 Å². The van der Waals surface area contributed by atoms with Gasteiger partial charge in [-0.25, -0.2) is 4.79 Å². The zero-order valence-electron chi connectivity index (χ0n) is 19.2. The molecule has 2 N–H and O–H groups in total. The fourth-order valence-electron chi connectivity index (χ4n) is 3.12. The Morgan fingerprint density at radius 1 is 1.06 bits per heavy atom. The summed E-state index contributed by atoms with van der Waals surface area (Å²) in [5.74, 6) is -0.948. The van der Waals surface area contributed by atoms with Gasteiger partial charge in [0.15, 0.2) is 5.78 Å². The van der Waals surface area contributed by atoms with E-state index in [-0.39, 0.29) is 25.0 Å². The highest BCUT2D eigenvalue weighted by molar-refractivity contribution is 5.89. The molecule has 1 amide bonds. The van der Waals surface area contributed by atoms with E-state index in [2.05, 4.69) is 10.3 Å². The molecule has 2 aromatic rings. The largest absolute Gasteiger partial charge is 0.481 e. The van der Waals surface area contributed by atoms with Crippen molar-refractivity contribution in [2.24, 2.45) is 0 Å². The van der Waals surface area contributed by atoms with Crippen molar-refractivity contribution in [3.05, 3.63) is 65.0 Å². The molecule has 0 saturated carbocycles. The van der Waals surface area contributed by atoms with Gasteiger partial charge in [0.25, 0.3) is 0 Å². The van der Waals surface area contributed by atoms with Crippen LogP contribution < -0.4 is 5.32 Å². The van der Waals surface area contributed by atoms with E-state index >= 15 is 0 Å². The molecule has 0 aliphatic heterocycles. The standard InChI is InChI=1S/C25H32N2O5/c1-17-8-13-20(26-16-17)15-21(27-24(31)32-25(2,3)4)22(28)14-19-11-9-18(10-12-19)6-5-7-23(29)30/h8-13,16,21H,5-7,14-15H2,1-4H3,(H,27,31)(H,29,30)/t21-/m1/s1. The van der Waals surface area contributed by atoms with Crippen molar-refractivity contribution < 1.29 is 24.2 Å². The van der Waals surface area contributed by atoms with Gasteiger partial charge >= 0.3 is 12.1 Å². The second kappa shape index (κ2) is 11.4. The normalized spacial score (nSPS) is 12.1. The molecule has 0 saturated heterocycles. The van der Waals surface area contributed by atoms with Gasteiger partial charge in [-0.15, -0.1) is 0 Å². The first-order valence-corrected chi connectivity index (χ1v) is 10.8. The van der Waals surface area contributed by atoms with Crippen LogP contribution in [0, 0.1) is 6.92 Å². The second-order valence-electron chi connectivity index (χ2n) is 8.94. The summed E-state index contributed by atoms with van der Waals surface area (Å²) >= 11 is 0. The third kappa shape index (κ3) is 9.29. The summed E-state index contributed by atoms with van der Waals surface area (Å²) in [7, 11) is 0. The first-order valence-electron chi connectivity index (χ1n) is 10.8. The maximum absolute atomic E-state index is 13.1. The van der Waals surface area contributed by atoms with Crippen molar-refractivity contribution in [3.63, 3.8) is 0 Å². The molecule has 0 radical (unpaired) electrons. The monoisotopic (exact) mass is 440 g/mol. The number of carboxylic acid groups (broad SMARTS) is 1. The van der Waals surface area contributed by atoms with Crippen molar-refractivity contribution in [3.8, 4) is 0 Å². The minimum Gasteiger partial charge on any atom is -0.481 e. The molecule has 172 valence electrons. The Morgan fingerprint density at radius 2 is 1.72 bits per heavy atom. The molecule has 0 unspecified atom stereocenters. The van der Waals surface area contributed by atoms with E-state index in [1.807, 2.05) is 43.3 Å². The SMILES string of the molecule is Cc1ccc(C[C@@H](NC(=O)OC(C)(C)C)C(=O)Cc2ccc(CCCC(=O)O)cc2)nc1. The van der Waals surface area contributed by atoms with Crippen LogP contribution in [0.2, 0.25) is 0 Å². The number of carboxylic acids is 1. The zero-order chi connectivity index (χ0) is 23.7. The molecule has 0 spiro atoms. The molecule has 0 bridgehead atoms. The lowest BCUT2D eigenvalue weighted by Crippen LogP contribution is -2.45. The van der Waals surface area contributed by atoms with E-state index in [0.717, 1.165) is 16.7 Å². The van der Waals surface area contributed by atoms with Gasteiger partial charge in [0, 0.05) is 31.2 Å². The van der Waals surface area contributed by atoms with Crippen molar-refractivity contribution in [1.29, 1.82) is 0 Å². The summed E-state index contributed by atoms with van der Waals surface area (Å²) in [6.45, 7) is 7.23. The number of ether oxygens (including phenoxy) is 1. The molecule has 7 heteroatoms. The van der Waals surface area contributed by atoms with Crippen molar-refractivity contribution in [2.45, 2.75) is 71.4 Å². The maximum atomic E-state index is 13.1. The highest BCUT2D eigenvalue weighted by atomic mass is 16.6. The molecule has 32 heavy (non-hydrogen) atoms. The molecule has 1 aromatic heterocycles. The quantitative estimate of drug-likeness (QED) is 0.577. The van der Waals surface area contributed by atoms with Gasteiger partial charge < -0.3 is 15.2 Å². The molecule has 0 aliphatic rings. The van der Waals surface area contributed by atoms with Crippen LogP contribution in [-0.2, 0) is 33.6 Å². The van der Waals surface area contributed by atoms with Crippen molar-refractivity contribution in [1.82, 2.24) is 10.3 Å². The zero-order valence-corrected chi connectivity index (χ0v) is 19.2. The number of carbonyl (C=O) groups is 3. The van der Waals surface area contributed by atoms with Gasteiger partial charge in [-0.1, -0.05) is 30.3 Å². The predicted octanol–water partition coefficient (Wildman–Crippen LogP) is 4.04. The lowest BCUT2D eigenvalue weighted by atomic mass is 9.98. The Morgan fingerprint density at radius 3 is 2.28 bits per heavy atom. The van der Waals surface area contributed by atoms with Gasteiger partial charge in [0.2, 0.25) is 0 Å². The average molecular weight is 441 g/mol. The third-order valence-corrected chi connectivity index (χ3v) is 4.72. The molecule has 2 rings (SSSR count). The molecule has 0 fully saturated rings. The van der Waals surface area contributed by atoms with Gasteiger partial charge in [0.05, 0.1) is 6.04 Å². The van der Waals surface area contributed by atoms with Crippen LogP contribution in [0.3, 0.4) is 0 Å². The van der Waals surface area contributed by atoms with Gasteiger partial charge in [-0.05, 0) is 63.3 Å². The number of hydrogen-bond acceptors (Lipinski definition) is 5. The first-order chi connectivity index (χ1) is 15.0. The van der Waals surface area contributed by atoms with Crippen LogP contribution >= 0.6 is 0 Å². The van der Waals surface area contributed by atoms with Crippen LogP contribution in [0.1, 0.15) is 56.0 Å². The van der Waals surface area contributed by atoms with Crippen LogP contribution in [0.4, 0.5) is 4.79 Å². The fraction of sp³-hybridized carbons (Fsp3) is 0.440. The van der Waals surface area contributed by atoms with E-state index in [4.69, 9.17) is 9.84 Å². The fourth-order valence-corrected chi connectivity index (χ4v) is 3.12. The Bertz CT molecular complexity index is 915. The molecular formula is C25H32N2O5. The summed E-state index contributed by atoms with van der Waals surface area (Å²) < 4.78 is 5.33. The summed E-state index contributed by atoms with van der Waals surface area (Å²) in [4.78, 5) is 40.4. The number of nitrogens with one attached hydrogen (secondary N) is 1. The summed E-state index contributed by atoms with van der Waals surface area (Å²) in [6.07, 6.45) is 2.88. The minimum atomic E-state index is -0.807. The number of alkyl carbamates (subject to hydrolysis) is 1. The molecule has 1 heterocycles. The van der Waals surface area contributed by atoms with Crippen LogP contribution in [0.5, 0.6) is 0 Å². The maximum Gasteiger partial charge on any atom is 0.408 e. The Labute approximate surface area is 189 Å². The smallest absolute Gasteiger partial charge is 0.408 e. The lowest BCUT2D eigenvalue weighted by Gasteiger charge is -2.23. The van der Waals surface area contributed by atoms with Gasteiger partial charge in [0.1, 0.15) is 5.60 Å². The Balaban J connectivity index is 2.06. The van der Waals surface area contributed by atoms with Crippen LogP contribution in [0.25, 0.3) is 0 Å². The number of rotatable bonds is 10. The molecule has 1 aromatic carbocycles. The first kappa shape index (κ1) is 25.0. The van der Waals surface area contributed by atoms with Crippen LogP contribution in [0.15, 0.2) is 42.6 Å². The van der Waals surface area contributed by atoms with Gasteiger partial charge in [-0.3, -0.25) is 14.6 Å². The summed E-state index contributed by atoms with van der Waals surface area (Å²) in [5, 5.41) is 11.5. The number of amides is 1. The number of aryl methyl sites for hydroxylation is 2. The summed E-state index contributed by atoms with van der Waals surface area (Å²) in [6, 6.07) is 10.5. The van der Waals surface area contributed by atoms with E-state index in [9.17, 15) is 14.4 Å². The number of Topliss-reactive ketones (excluding diaryl/α,β-unsaturated/α-hetero) is 1. The molecule has 7 nitrogen and oxygen atoms in total. The number of nitrogens with zero attached hydrogens (tertiary/aromatic N) is 1. The number of benzene rings is 1. The minimum absolute atomic E-state index is 0.130. The predicted molar refractivity (Wildman–Crippen MR) is 122 cm³/mol. The number of aromatic nitrogens is 1. The highest BCUT2D eigenvalue weighted by Gasteiger charge is 2.25.